The van der Waals surface area contributed by atoms with Crippen molar-refractivity contribution >= 4 is 5.97 Å². The van der Waals surface area contributed by atoms with Gasteiger partial charge in [-0.3, -0.25) is 0 Å². The van der Waals surface area contributed by atoms with Gasteiger partial charge in [0.1, 0.15) is 12.2 Å². The number of nitrogens with zero attached hydrogens (tertiary/aromatic N) is 4. The van der Waals surface area contributed by atoms with Gasteiger partial charge < -0.3 is 4.74 Å². The summed E-state index contributed by atoms with van der Waals surface area (Å²) >= 11 is 0. The SMILES string of the molecule is CC(C)N(N=O)C(C)N1CCCC1(C#N)OC(=O)C(F)(F)F. The molecule has 1 aliphatic heterocycles. The van der Waals surface area contributed by atoms with Crippen molar-refractivity contribution in [2.75, 3.05) is 6.54 Å². The summed E-state index contributed by atoms with van der Waals surface area (Å²) in [5.41, 5.74) is -2.05. The lowest BCUT2D eigenvalue weighted by molar-refractivity contribution is -0.224. The van der Waals surface area contributed by atoms with Gasteiger partial charge in [-0.1, -0.05) is 0 Å². The van der Waals surface area contributed by atoms with Crippen LogP contribution in [-0.2, 0) is 9.53 Å². The third-order valence-electron chi connectivity index (χ3n) is 3.50. The molecule has 0 aliphatic carbocycles. The lowest BCUT2D eigenvalue weighted by Gasteiger charge is -2.40. The first kappa shape index (κ1) is 18.2. The van der Waals surface area contributed by atoms with Gasteiger partial charge >= 0.3 is 12.1 Å². The van der Waals surface area contributed by atoms with Crippen LogP contribution in [0.1, 0.15) is 33.6 Å². The van der Waals surface area contributed by atoms with E-state index in [1.54, 1.807) is 19.9 Å². The molecule has 0 aromatic heterocycles. The zero-order chi connectivity index (χ0) is 17.1. The molecule has 124 valence electrons. The monoisotopic (exact) mass is 322 g/mol. The number of hydrogen-bond donors (Lipinski definition) is 0. The van der Waals surface area contributed by atoms with E-state index in [4.69, 9.17) is 0 Å². The molecule has 0 bridgehead atoms. The minimum atomic E-state index is -5.19. The first-order valence-electron chi connectivity index (χ1n) is 6.69. The van der Waals surface area contributed by atoms with E-state index >= 15 is 0 Å². The van der Waals surface area contributed by atoms with Gasteiger partial charge in [0, 0.05) is 19.0 Å². The molecule has 1 heterocycles. The zero-order valence-corrected chi connectivity index (χ0v) is 12.4. The van der Waals surface area contributed by atoms with Crippen LogP contribution in [0.5, 0.6) is 0 Å². The Morgan fingerprint density at radius 1 is 1.45 bits per heavy atom. The van der Waals surface area contributed by atoms with Crippen LogP contribution in [0.3, 0.4) is 0 Å². The minimum Gasteiger partial charge on any atom is -0.423 e. The first-order chi connectivity index (χ1) is 10.1. The quantitative estimate of drug-likeness (QED) is 0.438. The molecule has 1 rings (SSSR count). The summed E-state index contributed by atoms with van der Waals surface area (Å²) in [7, 11) is 0. The Morgan fingerprint density at radius 3 is 2.45 bits per heavy atom. The summed E-state index contributed by atoms with van der Waals surface area (Å²) in [6.07, 6.45) is -5.70. The van der Waals surface area contributed by atoms with E-state index in [-0.39, 0.29) is 19.0 Å². The number of nitroso groups, excluding NO2 is 1. The Balaban J connectivity index is 3.06. The molecule has 2 atom stereocenters. The Kier molecular flexibility index (Phi) is 5.35. The molecule has 7 nitrogen and oxygen atoms in total. The Bertz CT molecular complexity index is 477. The Hall–Kier alpha value is -1.89. The van der Waals surface area contributed by atoms with Gasteiger partial charge in [-0.2, -0.15) is 18.4 Å². The molecule has 22 heavy (non-hydrogen) atoms. The number of esters is 1. The number of carbonyl (C=O) groups is 1. The molecule has 1 fully saturated rings. The number of hydrogen-bond acceptors (Lipinski definition) is 6. The van der Waals surface area contributed by atoms with Gasteiger partial charge in [0.05, 0.1) is 5.29 Å². The highest BCUT2D eigenvalue weighted by Gasteiger charge is 2.53. The number of ether oxygens (including phenoxy) is 1. The van der Waals surface area contributed by atoms with Crippen molar-refractivity contribution in [1.29, 1.82) is 5.26 Å². The highest BCUT2D eigenvalue weighted by atomic mass is 19.4. The molecule has 0 aromatic rings. The summed E-state index contributed by atoms with van der Waals surface area (Å²) in [5.74, 6) is -2.43. The lowest BCUT2D eigenvalue weighted by atomic mass is 10.1. The standard InChI is InChI=1S/C12H17F3N4O3/c1-8(2)19(17-21)9(3)18-6-4-5-11(18,7-16)22-10(20)12(13,14)15/h8-9H,4-6H2,1-3H3. The van der Waals surface area contributed by atoms with Crippen molar-refractivity contribution in [3.8, 4) is 6.07 Å². The van der Waals surface area contributed by atoms with Crippen molar-refractivity contribution in [2.45, 2.75) is 57.7 Å². The van der Waals surface area contributed by atoms with Crippen LogP contribution >= 0.6 is 0 Å². The average Bonchev–Trinajstić information content (AvgIpc) is 2.82. The third-order valence-corrected chi connectivity index (χ3v) is 3.50. The molecule has 10 heteroatoms. The van der Waals surface area contributed by atoms with Gasteiger partial charge in [0.15, 0.2) is 0 Å². The molecule has 1 saturated heterocycles. The van der Waals surface area contributed by atoms with Gasteiger partial charge in [0.25, 0.3) is 5.72 Å². The molecule has 0 aromatic carbocycles. The van der Waals surface area contributed by atoms with Gasteiger partial charge in [-0.25, -0.2) is 14.7 Å². The summed E-state index contributed by atoms with van der Waals surface area (Å²) in [6, 6.07) is 1.31. The predicted octanol–water partition coefficient (Wildman–Crippen LogP) is 2.15. The van der Waals surface area contributed by atoms with Crippen LogP contribution < -0.4 is 0 Å². The van der Waals surface area contributed by atoms with Crippen molar-refractivity contribution in [2.24, 2.45) is 5.29 Å². The summed E-state index contributed by atoms with van der Waals surface area (Å²) in [6.45, 7) is 5.06. The zero-order valence-electron chi connectivity index (χ0n) is 12.4. The second-order valence-electron chi connectivity index (χ2n) is 5.27. The van der Waals surface area contributed by atoms with E-state index in [0.29, 0.717) is 6.42 Å². The fourth-order valence-corrected chi connectivity index (χ4v) is 2.50. The molecule has 2 unspecified atom stereocenters. The third kappa shape index (κ3) is 3.47. The predicted molar refractivity (Wildman–Crippen MR) is 68.7 cm³/mol. The molecule has 0 saturated carbocycles. The van der Waals surface area contributed by atoms with Gasteiger partial charge in [0.2, 0.25) is 0 Å². The number of halogens is 3. The van der Waals surface area contributed by atoms with Crippen molar-refractivity contribution < 1.29 is 22.7 Å². The topological polar surface area (TPSA) is 86.0 Å². The van der Waals surface area contributed by atoms with Crippen LogP contribution in [0, 0.1) is 16.2 Å². The summed E-state index contributed by atoms with van der Waals surface area (Å²) in [5, 5.41) is 13.2. The van der Waals surface area contributed by atoms with Gasteiger partial charge in [-0.15, -0.1) is 4.91 Å². The van der Waals surface area contributed by atoms with E-state index in [9.17, 15) is 28.1 Å². The van der Waals surface area contributed by atoms with Crippen molar-refractivity contribution in [1.82, 2.24) is 9.91 Å². The molecule has 0 radical (unpaired) electrons. The van der Waals surface area contributed by atoms with Crippen LogP contribution in [0.25, 0.3) is 0 Å². The van der Waals surface area contributed by atoms with Gasteiger partial charge in [-0.05, 0) is 27.2 Å². The number of alkyl halides is 3. The first-order valence-corrected chi connectivity index (χ1v) is 6.69. The normalized spacial score (nSPS) is 23.9. The van der Waals surface area contributed by atoms with Crippen LogP contribution in [0.4, 0.5) is 13.2 Å². The molecule has 0 amide bonds. The number of likely N-dealkylation sites (tertiary alicyclic amines) is 1. The van der Waals surface area contributed by atoms with E-state index in [0.717, 1.165) is 5.01 Å². The highest BCUT2D eigenvalue weighted by molar-refractivity contribution is 5.76. The average molecular weight is 322 g/mol. The molecule has 1 aliphatic rings. The Labute approximate surface area is 125 Å². The van der Waals surface area contributed by atoms with Crippen LogP contribution in [0.2, 0.25) is 0 Å². The molecular formula is C12H17F3N4O3. The van der Waals surface area contributed by atoms with E-state index in [1.165, 1.54) is 11.8 Å². The summed E-state index contributed by atoms with van der Waals surface area (Å²) < 4.78 is 41.7. The molecule has 0 spiro atoms. The number of carbonyl (C=O) groups excluding carboxylic acids is 1. The molecular weight excluding hydrogens is 305 g/mol. The van der Waals surface area contributed by atoms with Crippen LogP contribution in [-0.4, -0.2) is 46.5 Å². The lowest BCUT2D eigenvalue weighted by Crippen LogP contribution is -2.57. The number of nitriles is 1. The molecule has 0 N–H and O–H groups in total. The maximum absolute atomic E-state index is 12.4. The highest BCUT2D eigenvalue weighted by Crippen LogP contribution is 2.35. The van der Waals surface area contributed by atoms with E-state index < -0.39 is 24.0 Å². The van der Waals surface area contributed by atoms with E-state index in [1.807, 2.05) is 0 Å². The largest absolute Gasteiger partial charge is 0.491 e. The van der Waals surface area contributed by atoms with Crippen molar-refractivity contribution in [3.05, 3.63) is 4.91 Å². The second kappa shape index (κ2) is 6.48. The minimum absolute atomic E-state index is 0.0690. The van der Waals surface area contributed by atoms with E-state index in [2.05, 4.69) is 10.0 Å². The van der Waals surface area contributed by atoms with Crippen LogP contribution in [0.15, 0.2) is 5.29 Å². The van der Waals surface area contributed by atoms with Crippen molar-refractivity contribution in [3.63, 3.8) is 0 Å². The second-order valence-corrected chi connectivity index (χ2v) is 5.27. The summed E-state index contributed by atoms with van der Waals surface area (Å²) in [4.78, 5) is 23.3. The fraction of sp³-hybridized carbons (Fsp3) is 0.833. The smallest absolute Gasteiger partial charge is 0.423 e. The fourth-order valence-electron chi connectivity index (χ4n) is 2.50. The number of rotatable bonds is 5. The maximum atomic E-state index is 12.4. The Morgan fingerprint density at radius 2 is 2.05 bits per heavy atom. The maximum Gasteiger partial charge on any atom is 0.491 e.